The predicted molar refractivity (Wildman–Crippen MR) is 77.3 cm³/mol. The van der Waals surface area contributed by atoms with Gasteiger partial charge in [-0.05, 0) is 43.2 Å². The zero-order valence-electron chi connectivity index (χ0n) is 11.1. The topological polar surface area (TPSA) is 48.1 Å². The van der Waals surface area contributed by atoms with Crippen molar-refractivity contribution in [3.05, 3.63) is 58.6 Å². The monoisotopic (exact) mass is 294 g/mol. The minimum absolute atomic E-state index is 0.0661. The minimum Gasteiger partial charge on any atom is -0.489 e. The van der Waals surface area contributed by atoms with Crippen molar-refractivity contribution in [3.8, 4) is 5.75 Å². The molecule has 1 unspecified atom stereocenters. The first-order valence-corrected chi connectivity index (χ1v) is 6.69. The number of nitrogens with zero attached hydrogens (tertiary/aromatic N) is 1. The summed E-state index contributed by atoms with van der Waals surface area (Å²) in [5.74, 6) is 0.325. The van der Waals surface area contributed by atoms with E-state index in [1.165, 1.54) is 12.1 Å². The molecule has 1 atom stereocenters. The maximum Gasteiger partial charge on any atom is 0.123 e. The lowest BCUT2D eigenvalue weighted by Crippen LogP contribution is -2.18. The van der Waals surface area contributed by atoms with Crippen LogP contribution in [0.5, 0.6) is 5.75 Å². The molecule has 1 aromatic carbocycles. The summed E-state index contributed by atoms with van der Waals surface area (Å²) in [7, 11) is 0. The standard InChI is InChI=1S/C15H16ClFN2O/c1-10(18)6-12-7-13(17)2-3-15(12)20-9-11-4-5-19-8-14(11)16/h2-5,7-8,10H,6,9,18H2,1H3. The van der Waals surface area contributed by atoms with E-state index in [2.05, 4.69) is 4.98 Å². The van der Waals surface area contributed by atoms with Crippen molar-refractivity contribution in [1.82, 2.24) is 4.98 Å². The van der Waals surface area contributed by atoms with Crippen molar-refractivity contribution in [1.29, 1.82) is 0 Å². The Morgan fingerprint density at radius 3 is 2.85 bits per heavy atom. The van der Waals surface area contributed by atoms with Crippen LogP contribution in [0.2, 0.25) is 5.02 Å². The predicted octanol–water partition coefficient (Wildman–Crippen LogP) is 3.34. The first kappa shape index (κ1) is 14.8. The van der Waals surface area contributed by atoms with Gasteiger partial charge in [-0.3, -0.25) is 4.98 Å². The van der Waals surface area contributed by atoms with Crippen LogP contribution in [0.25, 0.3) is 0 Å². The van der Waals surface area contributed by atoms with E-state index >= 15 is 0 Å². The van der Waals surface area contributed by atoms with Gasteiger partial charge in [0.25, 0.3) is 0 Å². The van der Waals surface area contributed by atoms with Gasteiger partial charge in [-0.25, -0.2) is 4.39 Å². The first-order chi connectivity index (χ1) is 9.56. The fourth-order valence-electron chi connectivity index (χ4n) is 1.87. The van der Waals surface area contributed by atoms with Crippen molar-refractivity contribution in [3.63, 3.8) is 0 Å². The highest BCUT2D eigenvalue weighted by Gasteiger charge is 2.09. The molecule has 0 amide bonds. The molecule has 0 bridgehead atoms. The highest BCUT2D eigenvalue weighted by molar-refractivity contribution is 6.31. The van der Waals surface area contributed by atoms with Crippen LogP contribution in [0.1, 0.15) is 18.1 Å². The van der Waals surface area contributed by atoms with E-state index in [9.17, 15) is 4.39 Å². The Hall–Kier alpha value is -1.65. The second-order valence-corrected chi connectivity index (χ2v) is 5.10. The molecule has 5 heteroatoms. The van der Waals surface area contributed by atoms with Gasteiger partial charge in [0.15, 0.2) is 0 Å². The molecule has 0 aliphatic carbocycles. The van der Waals surface area contributed by atoms with E-state index in [1.54, 1.807) is 24.5 Å². The van der Waals surface area contributed by atoms with E-state index in [0.29, 0.717) is 23.8 Å². The van der Waals surface area contributed by atoms with Crippen LogP contribution in [-0.4, -0.2) is 11.0 Å². The van der Waals surface area contributed by atoms with Crippen LogP contribution in [0.4, 0.5) is 4.39 Å². The van der Waals surface area contributed by atoms with E-state index in [4.69, 9.17) is 22.1 Å². The lowest BCUT2D eigenvalue weighted by atomic mass is 10.1. The van der Waals surface area contributed by atoms with Gasteiger partial charge in [0.1, 0.15) is 18.2 Å². The quantitative estimate of drug-likeness (QED) is 0.920. The second kappa shape index (κ2) is 6.68. The number of nitrogens with two attached hydrogens (primary N) is 1. The molecule has 0 spiro atoms. The third-order valence-corrected chi connectivity index (χ3v) is 3.14. The van der Waals surface area contributed by atoms with Crippen molar-refractivity contribution in [2.45, 2.75) is 26.0 Å². The number of pyridine rings is 1. The third-order valence-electron chi connectivity index (χ3n) is 2.80. The number of ether oxygens (including phenoxy) is 1. The number of hydrogen-bond acceptors (Lipinski definition) is 3. The lowest BCUT2D eigenvalue weighted by Gasteiger charge is -2.13. The molecule has 2 rings (SSSR count). The second-order valence-electron chi connectivity index (χ2n) is 4.69. The third kappa shape index (κ3) is 3.92. The van der Waals surface area contributed by atoms with Gasteiger partial charge in [0.2, 0.25) is 0 Å². The summed E-state index contributed by atoms with van der Waals surface area (Å²) < 4.78 is 19.0. The Morgan fingerprint density at radius 2 is 2.15 bits per heavy atom. The molecule has 0 saturated carbocycles. The summed E-state index contributed by atoms with van der Waals surface area (Å²) in [6, 6.07) is 6.16. The van der Waals surface area contributed by atoms with Crippen LogP contribution in [0.15, 0.2) is 36.7 Å². The summed E-state index contributed by atoms with van der Waals surface area (Å²) >= 11 is 6.02. The SMILES string of the molecule is CC(N)Cc1cc(F)ccc1OCc1ccncc1Cl. The summed E-state index contributed by atoms with van der Waals surface area (Å²) in [6.07, 6.45) is 3.77. The lowest BCUT2D eigenvalue weighted by molar-refractivity contribution is 0.301. The molecule has 0 radical (unpaired) electrons. The van der Waals surface area contributed by atoms with Crippen molar-refractivity contribution < 1.29 is 9.13 Å². The molecule has 1 aromatic heterocycles. The summed E-state index contributed by atoms with van der Waals surface area (Å²) in [5, 5.41) is 0.545. The zero-order chi connectivity index (χ0) is 14.5. The normalized spacial score (nSPS) is 12.2. The summed E-state index contributed by atoms with van der Waals surface area (Å²) in [4.78, 5) is 3.91. The average Bonchev–Trinajstić information content (AvgIpc) is 2.39. The van der Waals surface area contributed by atoms with Crippen molar-refractivity contribution in [2.75, 3.05) is 0 Å². The van der Waals surface area contributed by atoms with Gasteiger partial charge in [0.05, 0.1) is 5.02 Å². The van der Waals surface area contributed by atoms with Gasteiger partial charge in [-0.15, -0.1) is 0 Å². The van der Waals surface area contributed by atoms with Gasteiger partial charge in [-0.2, -0.15) is 0 Å². The molecule has 3 nitrogen and oxygen atoms in total. The fraction of sp³-hybridized carbons (Fsp3) is 0.267. The fourth-order valence-corrected chi connectivity index (χ4v) is 2.05. The van der Waals surface area contributed by atoms with Crippen molar-refractivity contribution in [2.24, 2.45) is 5.73 Å². The van der Waals surface area contributed by atoms with Crippen molar-refractivity contribution >= 4 is 11.6 Å². The maximum atomic E-state index is 13.3. The van der Waals surface area contributed by atoms with Gasteiger partial charge < -0.3 is 10.5 Å². The Kier molecular flexibility index (Phi) is 4.93. The highest BCUT2D eigenvalue weighted by Crippen LogP contribution is 2.23. The Bertz CT molecular complexity index is 590. The Balaban J connectivity index is 2.15. The molecule has 0 aliphatic heterocycles. The largest absolute Gasteiger partial charge is 0.489 e. The minimum atomic E-state index is -0.296. The molecule has 106 valence electrons. The molecule has 0 fully saturated rings. The number of benzene rings is 1. The van der Waals surface area contributed by atoms with Crippen LogP contribution < -0.4 is 10.5 Å². The first-order valence-electron chi connectivity index (χ1n) is 6.31. The summed E-state index contributed by atoms with van der Waals surface area (Å²) in [6.45, 7) is 2.17. The average molecular weight is 295 g/mol. The molecule has 0 saturated heterocycles. The molecule has 1 heterocycles. The maximum absolute atomic E-state index is 13.3. The van der Waals surface area contributed by atoms with Crippen LogP contribution in [-0.2, 0) is 13.0 Å². The van der Waals surface area contributed by atoms with E-state index in [-0.39, 0.29) is 11.9 Å². The summed E-state index contributed by atoms with van der Waals surface area (Å²) in [5.41, 5.74) is 7.35. The zero-order valence-corrected chi connectivity index (χ0v) is 11.9. The Labute approximate surface area is 122 Å². The molecule has 0 aliphatic rings. The van der Waals surface area contributed by atoms with Crippen LogP contribution in [0, 0.1) is 5.82 Å². The van der Waals surface area contributed by atoms with Gasteiger partial charge in [-0.1, -0.05) is 11.6 Å². The molecule has 2 N–H and O–H groups in total. The van der Waals surface area contributed by atoms with Crippen LogP contribution >= 0.6 is 11.6 Å². The number of rotatable bonds is 5. The molecule has 2 aromatic rings. The molecule has 20 heavy (non-hydrogen) atoms. The van der Waals surface area contributed by atoms with Gasteiger partial charge in [0, 0.05) is 24.0 Å². The van der Waals surface area contributed by atoms with E-state index in [0.717, 1.165) is 11.1 Å². The number of hydrogen-bond donors (Lipinski definition) is 1. The molecular weight excluding hydrogens is 279 g/mol. The number of halogens is 2. The van der Waals surface area contributed by atoms with E-state index < -0.39 is 0 Å². The van der Waals surface area contributed by atoms with Crippen LogP contribution in [0.3, 0.4) is 0 Å². The van der Waals surface area contributed by atoms with Gasteiger partial charge >= 0.3 is 0 Å². The molecular formula is C15H16ClFN2O. The number of aromatic nitrogens is 1. The smallest absolute Gasteiger partial charge is 0.123 e. The Morgan fingerprint density at radius 1 is 1.35 bits per heavy atom. The van der Waals surface area contributed by atoms with E-state index in [1.807, 2.05) is 6.92 Å². The highest BCUT2D eigenvalue weighted by atomic mass is 35.5.